The number of rotatable bonds is 8. The molecular formula is C6H15AlNaO4. The zero-order valence-corrected chi connectivity index (χ0v) is 11.2. The van der Waals surface area contributed by atoms with E-state index in [9.17, 15) is 0 Å². The molecule has 0 aromatic heterocycles. The summed E-state index contributed by atoms with van der Waals surface area (Å²) in [6, 6.07) is 0. The zero-order valence-electron chi connectivity index (χ0n) is 9.04. The molecule has 0 spiro atoms. The van der Waals surface area contributed by atoms with Gasteiger partial charge in [0, 0.05) is 29.6 Å². The van der Waals surface area contributed by atoms with Crippen molar-refractivity contribution in [2.45, 2.75) is 0 Å². The maximum Gasteiger partial charge on any atom is 0 e. The van der Waals surface area contributed by atoms with E-state index in [0.29, 0.717) is 26.4 Å². The van der Waals surface area contributed by atoms with Gasteiger partial charge in [-0.3, -0.25) is 0 Å². The van der Waals surface area contributed by atoms with E-state index in [0.717, 1.165) is 0 Å². The Morgan fingerprint density at radius 2 is 1.33 bits per heavy atom. The summed E-state index contributed by atoms with van der Waals surface area (Å²) in [5, 5.41) is 0. The molecule has 0 aliphatic rings. The van der Waals surface area contributed by atoms with Gasteiger partial charge in [-0.25, -0.2) is 0 Å². The molecule has 0 aliphatic carbocycles. The van der Waals surface area contributed by atoms with Crippen molar-refractivity contribution < 1.29 is 18.5 Å². The fourth-order valence-corrected chi connectivity index (χ4v) is 0.888. The van der Waals surface area contributed by atoms with Crippen molar-refractivity contribution in [1.82, 2.24) is 0 Å². The van der Waals surface area contributed by atoms with Crippen molar-refractivity contribution in [3.8, 4) is 0 Å². The Bertz CT molecular complexity index is 73.7. The summed E-state index contributed by atoms with van der Waals surface area (Å²) < 4.78 is 19.8. The molecule has 67 valence electrons. The maximum absolute atomic E-state index is 5.10. The molecule has 0 heterocycles. The molecule has 0 saturated carbocycles. The van der Waals surface area contributed by atoms with Crippen molar-refractivity contribution >= 4 is 45.4 Å². The summed E-state index contributed by atoms with van der Waals surface area (Å²) in [6.07, 6.45) is 0. The first-order valence-electron chi connectivity index (χ1n) is 3.44. The van der Waals surface area contributed by atoms with Crippen LogP contribution in [0.2, 0.25) is 0 Å². The summed E-state index contributed by atoms with van der Waals surface area (Å²) in [4.78, 5) is 0. The van der Waals surface area contributed by atoms with Gasteiger partial charge in [-0.15, -0.1) is 0 Å². The minimum absolute atomic E-state index is 0. The number of ether oxygens (including phenoxy) is 2. The molecule has 1 radical (unpaired) electrons. The second kappa shape index (κ2) is 14.9. The molecular weight excluding hydrogens is 186 g/mol. The smallest absolute Gasteiger partial charge is 0 e. The van der Waals surface area contributed by atoms with Gasteiger partial charge in [-0.05, 0) is 0 Å². The molecule has 0 atom stereocenters. The summed E-state index contributed by atoms with van der Waals surface area (Å²) in [5.41, 5.74) is 0. The average molecular weight is 201 g/mol. The van der Waals surface area contributed by atoms with Gasteiger partial charge in [0.1, 0.15) is 0 Å². The van der Waals surface area contributed by atoms with Crippen LogP contribution in [0, 0.1) is 0 Å². The third kappa shape index (κ3) is 13.9. The van der Waals surface area contributed by atoms with Crippen LogP contribution in [-0.2, 0) is 17.1 Å². The molecule has 0 rings (SSSR count). The van der Waals surface area contributed by atoms with E-state index in [4.69, 9.17) is 17.1 Å². The molecule has 6 heteroatoms. The SMILES string of the molecule is COCC[O][Al+][O]CCOC.[H-].[Na]. The molecule has 0 unspecified atom stereocenters. The van der Waals surface area contributed by atoms with E-state index in [1.807, 2.05) is 0 Å². The number of hydrogen-bond acceptors (Lipinski definition) is 4. The average Bonchev–Trinajstić information content (AvgIpc) is 2.03. The largest absolute Gasteiger partial charge is 1.00 e. The molecule has 0 amide bonds. The van der Waals surface area contributed by atoms with Gasteiger partial charge in [0.15, 0.2) is 0 Å². The van der Waals surface area contributed by atoms with Crippen LogP contribution < -0.4 is 0 Å². The summed E-state index contributed by atoms with van der Waals surface area (Å²) >= 11 is -0.349. The Labute approximate surface area is 104 Å². The molecule has 0 saturated heterocycles. The van der Waals surface area contributed by atoms with Crippen LogP contribution in [0.3, 0.4) is 0 Å². The normalized spacial score (nSPS) is 8.83. The Hall–Kier alpha value is 1.37. The van der Waals surface area contributed by atoms with Crippen molar-refractivity contribution in [2.75, 3.05) is 40.6 Å². The van der Waals surface area contributed by atoms with E-state index in [-0.39, 0.29) is 46.9 Å². The van der Waals surface area contributed by atoms with Crippen molar-refractivity contribution in [3.05, 3.63) is 0 Å². The zero-order chi connectivity index (χ0) is 8.36. The van der Waals surface area contributed by atoms with Crippen LogP contribution in [-0.4, -0.2) is 86.1 Å². The Balaban J connectivity index is -0.000000500. The Morgan fingerprint density at radius 1 is 0.917 bits per heavy atom. The summed E-state index contributed by atoms with van der Waals surface area (Å²) in [5.74, 6) is 0. The third-order valence-corrected chi connectivity index (χ3v) is 1.69. The fourth-order valence-electron chi connectivity index (χ4n) is 0.407. The van der Waals surface area contributed by atoms with Crippen LogP contribution >= 0.6 is 0 Å². The van der Waals surface area contributed by atoms with Gasteiger partial charge in [0.2, 0.25) is 0 Å². The molecule has 0 bridgehead atoms. The number of hydrogen-bond donors (Lipinski definition) is 0. The van der Waals surface area contributed by atoms with E-state index in [1.165, 1.54) is 0 Å². The van der Waals surface area contributed by atoms with Crippen LogP contribution in [0.4, 0.5) is 0 Å². The molecule has 0 aliphatic heterocycles. The summed E-state index contributed by atoms with van der Waals surface area (Å²) in [7, 11) is 3.29. The van der Waals surface area contributed by atoms with Gasteiger partial charge in [-0.1, -0.05) is 0 Å². The molecule has 4 nitrogen and oxygen atoms in total. The van der Waals surface area contributed by atoms with Crippen molar-refractivity contribution in [2.24, 2.45) is 0 Å². The van der Waals surface area contributed by atoms with E-state index in [1.54, 1.807) is 14.2 Å². The summed E-state index contributed by atoms with van der Waals surface area (Å²) in [6.45, 7) is 2.47. The first-order chi connectivity index (χ1) is 5.41. The minimum Gasteiger partial charge on any atom is -1.00 e. The van der Waals surface area contributed by atoms with Gasteiger partial charge >= 0.3 is 73.6 Å². The maximum atomic E-state index is 5.10. The van der Waals surface area contributed by atoms with Crippen LogP contribution in [0.1, 0.15) is 1.43 Å². The van der Waals surface area contributed by atoms with Crippen LogP contribution in [0.25, 0.3) is 0 Å². The van der Waals surface area contributed by atoms with Crippen LogP contribution in [0.5, 0.6) is 0 Å². The third-order valence-electron chi connectivity index (χ3n) is 0.947. The molecule has 12 heavy (non-hydrogen) atoms. The monoisotopic (exact) mass is 201 g/mol. The standard InChI is InChI=1S/2C3H7O2.Al.Na.H/c2*1-5-3-2-4;;;/h2*2-3H2,1H3;;;/q2*-1;+3;;-1. The number of methoxy groups -OCH3 is 2. The van der Waals surface area contributed by atoms with E-state index < -0.39 is 0 Å². The van der Waals surface area contributed by atoms with Gasteiger partial charge in [-0.2, -0.15) is 0 Å². The second-order valence-electron chi connectivity index (χ2n) is 1.82. The first kappa shape index (κ1) is 15.8. The van der Waals surface area contributed by atoms with Crippen molar-refractivity contribution in [3.63, 3.8) is 0 Å². The molecule has 0 N–H and O–H groups in total. The fraction of sp³-hybridized carbons (Fsp3) is 1.00. The Morgan fingerprint density at radius 3 is 1.67 bits per heavy atom. The topological polar surface area (TPSA) is 36.9 Å². The molecule has 0 aromatic carbocycles. The molecule has 0 fully saturated rings. The van der Waals surface area contributed by atoms with E-state index >= 15 is 0 Å². The van der Waals surface area contributed by atoms with Gasteiger partial charge in [0.05, 0.1) is 0 Å². The quantitative estimate of drug-likeness (QED) is 0.395. The Kier molecular flexibility index (Phi) is 19.6. The minimum atomic E-state index is -0.349. The van der Waals surface area contributed by atoms with Gasteiger partial charge < -0.3 is 1.43 Å². The van der Waals surface area contributed by atoms with Crippen molar-refractivity contribution in [1.29, 1.82) is 0 Å². The second-order valence-corrected chi connectivity index (χ2v) is 2.68. The first-order valence-corrected chi connectivity index (χ1v) is 4.39. The van der Waals surface area contributed by atoms with Crippen LogP contribution in [0.15, 0.2) is 0 Å². The van der Waals surface area contributed by atoms with E-state index in [2.05, 4.69) is 0 Å². The van der Waals surface area contributed by atoms with Gasteiger partial charge in [0.25, 0.3) is 0 Å². The predicted octanol–water partition coefficient (Wildman–Crippen LogP) is -0.422. The predicted molar refractivity (Wildman–Crippen MR) is 48.3 cm³/mol. The molecule has 0 aromatic rings.